The van der Waals surface area contributed by atoms with Gasteiger partial charge < -0.3 is 5.73 Å². The predicted molar refractivity (Wildman–Crippen MR) is 62.7 cm³/mol. The van der Waals surface area contributed by atoms with Gasteiger partial charge in [0.25, 0.3) is 0 Å². The Balaban J connectivity index is 3.23. The molecule has 15 heavy (non-hydrogen) atoms. The first-order valence-electron chi connectivity index (χ1n) is 4.31. The predicted octanol–water partition coefficient (Wildman–Crippen LogP) is 1.72. The summed E-state index contributed by atoms with van der Waals surface area (Å²) in [4.78, 5) is 0.215. The van der Waals surface area contributed by atoms with Crippen LogP contribution in [0.2, 0.25) is 5.02 Å². The van der Waals surface area contributed by atoms with Crippen LogP contribution in [-0.2, 0) is 9.84 Å². The molecule has 0 aliphatic heterocycles. The molecule has 0 saturated heterocycles. The van der Waals surface area contributed by atoms with E-state index in [1.54, 1.807) is 24.3 Å². The molecule has 0 spiro atoms. The maximum Gasteiger partial charge on any atom is 0.175 e. The van der Waals surface area contributed by atoms with Gasteiger partial charge in [0.05, 0.1) is 4.90 Å². The smallest absolute Gasteiger partial charge is 0.175 e. The lowest BCUT2D eigenvalue weighted by atomic mass is 10.2. The Morgan fingerprint density at radius 1 is 1.40 bits per heavy atom. The van der Waals surface area contributed by atoms with Crippen molar-refractivity contribution in [1.82, 2.24) is 0 Å². The summed E-state index contributed by atoms with van der Waals surface area (Å²) in [6.45, 7) is 0.403. The van der Waals surface area contributed by atoms with Crippen LogP contribution in [0.5, 0.6) is 0 Å². The van der Waals surface area contributed by atoms with Crippen LogP contribution in [0.1, 0.15) is 5.56 Å². The van der Waals surface area contributed by atoms with E-state index in [2.05, 4.69) is 0 Å². The zero-order chi connectivity index (χ0) is 11.5. The van der Waals surface area contributed by atoms with Crippen LogP contribution in [0.15, 0.2) is 29.2 Å². The fourth-order valence-corrected chi connectivity index (χ4v) is 2.10. The van der Waals surface area contributed by atoms with E-state index in [0.29, 0.717) is 11.6 Å². The molecule has 0 saturated carbocycles. The van der Waals surface area contributed by atoms with Crippen molar-refractivity contribution < 1.29 is 8.42 Å². The Kier molecular flexibility index (Phi) is 3.90. The number of halogens is 1. The summed E-state index contributed by atoms with van der Waals surface area (Å²) < 4.78 is 22.6. The Morgan fingerprint density at radius 3 is 2.60 bits per heavy atom. The highest BCUT2D eigenvalue weighted by Crippen LogP contribution is 2.19. The first kappa shape index (κ1) is 12.2. The van der Waals surface area contributed by atoms with E-state index in [1.807, 2.05) is 0 Å². The first-order chi connectivity index (χ1) is 6.93. The molecule has 0 fully saturated rings. The molecule has 3 nitrogen and oxygen atoms in total. The minimum Gasteiger partial charge on any atom is -0.327 e. The third kappa shape index (κ3) is 3.66. The lowest BCUT2D eigenvalue weighted by Gasteiger charge is -2.01. The molecule has 2 N–H and O–H groups in total. The third-order valence-electron chi connectivity index (χ3n) is 1.77. The molecule has 1 aromatic carbocycles. The van der Waals surface area contributed by atoms with E-state index in [0.717, 1.165) is 11.8 Å². The summed E-state index contributed by atoms with van der Waals surface area (Å²) in [7, 11) is -3.22. The van der Waals surface area contributed by atoms with Gasteiger partial charge in [-0.3, -0.25) is 0 Å². The van der Waals surface area contributed by atoms with Crippen molar-refractivity contribution >= 4 is 27.5 Å². The average Bonchev–Trinajstić information content (AvgIpc) is 2.12. The average molecular weight is 246 g/mol. The molecule has 0 aromatic heterocycles. The lowest BCUT2D eigenvalue weighted by Crippen LogP contribution is -1.97. The summed E-state index contributed by atoms with van der Waals surface area (Å²) in [5.74, 6) is 0. The quantitative estimate of drug-likeness (QED) is 0.882. The third-order valence-corrected chi connectivity index (χ3v) is 3.08. The van der Waals surface area contributed by atoms with E-state index < -0.39 is 9.84 Å². The van der Waals surface area contributed by atoms with Crippen molar-refractivity contribution in [2.75, 3.05) is 12.8 Å². The SMILES string of the molecule is CS(=O)(=O)c1cc(Cl)cc(/C=C/CN)c1. The molecule has 0 heterocycles. The normalized spacial score (nSPS) is 12.2. The second-order valence-corrected chi connectivity index (χ2v) is 5.58. The highest BCUT2D eigenvalue weighted by Gasteiger charge is 2.08. The molecule has 0 radical (unpaired) electrons. The minimum atomic E-state index is -3.22. The summed E-state index contributed by atoms with van der Waals surface area (Å²) in [6, 6.07) is 4.67. The molecular formula is C10H12ClNO2S. The van der Waals surface area contributed by atoms with Gasteiger partial charge in [0.1, 0.15) is 0 Å². The molecule has 0 aliphatic rings. The van der Waals surface area contributed by atoms with Crippen molar-refractivity contribution in [2.24, 2.45) is 5.73 Å². The van der Waals surface area contributed by atoms with E-state index in [-0.39, 0.29) is 4.90 Å². The molecule has 0 amide bonds. The van der Waals surface area contributed by atoms with E-state index in [4.69, 9.17) is 17.3 Å². The van der Waals surface area contributed by atoms with Crippen LogP contribution in [0.3, 0.4) is 0 Å². The molecule has 0 bridgehead atoms. The van der Waals surface area contributed by atoms with Crippen molar-refractivity contribution in [3.8, 4) is 0 Å². The van der Waals surface area contributed by atoms with Crippen LogP contribution in [-0.4, -0.2) is 21.2 Å². The highest BCUT2D eigenvalue weighted by atomic mass is 35.5. The van der Waals surface area contributed by atoms with Crippen molar-refractivity contribution in [3.63, 3.8) is 0 Å². The highest BCUT2D eigenvalue weighted by molar-refractivity contribution is 7.90. The summed E-state index contributed by atoms with van der Waals surface area (Å²) in [5.41, 5.74) is 6.03. The van der Waals surface area contributed by atoms with Crippen LogP contribution in [0.4, 0.5) is 0 Å². The fraction of sp³-hybridized carbons (Fsp3) is 0.200. The van der Waals surface area contributed by atoms with Gasteiger partial charge in [0.2, 0.25) is 0 Å². The Bertz CT molecular complexity index is 480. The largest absolute Gasteiger partial charge is 0.327 e. The summed E-state index contributed by atoms with van der Waals surface area (Å²) >= 11 is 5.81. The summed E-state index contributed by atoms with van der Waals surface area (Å²) in [6.07, 6.45) is 4.62. The molecule has 1 aromatic rings. The minimum absolute atomic E-state index is 0.215. The monoisotopic (exact) mass is 245 g/mol. The number of hydrogen-bond donors (Lipinski definition) is 1. The number of sulfone groups is 1. The van der Waals surface area contributed by atoms with Crippen molar-refractivity contribution in [1.29, 1.82) is 0 Å². The van der Waals surface area contributed by atoms with E-state index in [1.165, 1.54) is 6.07 Å². The standard InChI is InChI=1S/C10H12ClNO2S/c1-15(13,14)10-6-8(3-2-4-12)5-9(11)7-10/h2-3,5-7H,4,12H2,1H3/b3-2+. The Labute approximate surface area is 94.5 Å². The van der Waals surface area contributed by atoms with Gasteiger partial charge in [0.15, 0.2) is 9.84 Å². The van der Waals surface area contributed by atoms with Gasteiger partial charge in [-0.25, -0.2) is 8.42 Å². The fourth-order valence-electron chi connectivity index (χ4n) is 1.10. The number of hydrogen-bond acceptors (Lipinski definition) is 3. The van der Waals surface area contributed by atoms with Gasteiger partial charge in [-0.2, -0.15) is 0 Å². The van der Waals surface area contributed by atoms with E-state index in [9.17, 15) is 8.42 Å². The molecule has 0 unspecified atom stereocenters. The van der Waals surface area contributed by atoms with Crippen LogP contribution < -0.4 is 5.73 Å². The second-order valence-electron chi connectivity index (χ2n) is 3.13. The second kappa shape index (κ2) is 4.79. The molecular weight excluding hydrogens is 234 g/mol. The molecule has 0 aliphatic carbocycles. The van der Waals surface area contributed by atoms with Gasteiger partial charge in [-0.1, -0.05) is 23.8 Å². The number of benzene rings is 1. The summed E-state index contributed by atoms with van der Waals surface area (Å²) in [5, 5.41) is 0.398. The van der Waals surface area contributed by atoms with Gasteiger partial charge in [-0.15, -0.1) is 0 Å². The van der Waals surface area contributed by atoms with Crippen LogP contribution >= 0.6 is 11.6 Å². The molecule has 82 valence electrons. The van der Waals surface area contributed by atoms with Gasteiger partial charge >= 0.3 is 0 Å². The van der Waals surface area contributed by atoms with Crippen LogP contribution in [0.25, 0.3) is 6.08 Å². The zero-order valence-electron chi connectivity index (χ0n) is 8.27. The lowest BCUT2D eigenvalue weighted by molar-refractivity contribution is 0.602. The molecule has 5 heteroatoms. The van der Waals surface area contributed by atoms with Crippen LogP contribution in [0, 0.1) is 0 Å². The first-order valence-corrected chi connectivity index (χ1v) is 6.57. The number of nitrogens with two attached hydrogens (primary N) is 1. The Hall–Kier alpha value is -0.840. The Morgan fingerprint density at radius 2 is 2.07 bits per heavy atom. The maximum atomic E-state index is 11.3. The topological polar surface area (TPSA) is 60.2 Å². The number of rotatable bonds is 3. The van der Waals surface area contributed by atoms with Crippen molar-refractivity contribution in [2.45, 2.75) is 4.90 Å². The zero-order valence-corrected chi connectivity index (χ0v) is 9.85. The van der Waals surface area contributed by atoms with Gasteiger partial charge in [0, 0.05) is 17.8 Å². The molecule has 0 atom stereocenters. The van der Waals surface area contributed by atoms with Gasteiger partial charge in [-0.05, 0) is 23.8 Å². The van der Waals surface area contributed by atoms with E-state index >= 15 is 0 Å². The maximum absolute atomic E-state index is 11.3. The van der Waals surface area contributed by atoms with Crippen molar-refractivity contribution in [3.05, 3.63) is 34.9 Å². The molecule has 1 rings (SSSR count).